The Hall–Kier alpha value is -2.78. The molecule has 0 N–H and O–H groups in total. The SMILES string of the molecule is COc1ccccc1-c1nnc(SC(C#N)Cc2ccccc2)n1C1CCCCC1. The molecule has 0 radical (unpaired) electrons. The molecule has 0 bridgehead atoms. The number of aromatic nitrogens is 3. The van der Waals surface area contributed by atoms with Gasteiger partial charge in [-0.1, -0.05) is 73.5 Å². The average Bonchev–Trinajstić information content (AvgIpc) is 3.23. The van der Waals surface area contributed by atoms with E-state index in [-0.39, 0.29) is 5.25 Å². The van der Waals surface area contributed by atoms with E-state index in [4.69, 9.17) is 4.74 Å². The Balaban J connectivity index is 1.69. The zero-order valence-electron chi connectivity index (χ0n) is 17.2. The summed E-state index contributed by atoms with van der Waals surface area (Å²) in [7, 11) is 1.68. The maximum Gasteiger partial charge on any atom is 0.193 e. The lowest BCUT2D eigenvalue weighted by Gasteiger charge is -2.26. The molecule has 154 valence electrons. The molecule has 0 saturated heterocycles. The van der Waals surface area contributed by atoms with Gasteiger partial charge in [0.15, 0.2) is 11.0 Å². The van der Waals surface area contributed by atoms with Crippen LogP contribution in [0.2, 0.25) is 0 Å². The topological polar surface area (TPSA) is 63.7 Å². The fourth-order valence-electron chi connectivity index (χ4n) is 4.11. The van der Waals surface area contributed by atoms with E-state index in [1.807, 2.05) is 42.5 Å². The summed E-state index contributed by atoms with van der Waals surface area (Å²) in [6, 6.07) is 20.9. The first-order valence-electron chi connectivity index (χ1n) is 10.5. The van der Waals surface area contributed by atoms with Gasteiger partial charge in [-0.15, -0.1) is 10.2 Å². The molecule has 0 spiro atoms. The summed E-state index contributed by atoms with van der Waals surface area (Å²) in [5.74, 6) is 1.62. The van der Waals surface area contributed by atoms with Crippen LogP contribution in [-0.4, -0.2) is 27.1 Å². The molecular formula is C24H26N4OS. The van der Waals surface area contributed by atoms with Gasteiger partial charge in [0.05, 0.1) is 18.7 Å². The van der Waals surface area contributed by atoms with Crippen molar-refractivity contribution in [2.45, 2.75) is 55.0 Å². The van der Waals surface area contributed by atoms with Crippen molar-refractivity contribution in [1.29, 1.82) is 5.26 Å². The molecule has 4 rings (SSSR count). The number of methoxy groups -OCH3 is 1. The number of nitrogens with zero attached hydrogens (tertiary/aromatic N) is 4. The molecule has 5 nitrogen and oxygen atoms in total. The van der Waals surface area contributed by atoms with Crippen LogP contribution in [0.25, 0.3) is 11.4 Å². The molecule has 1 saturated carbocycles. The van der Waals surface area contributed by atoms with Crippen molar-refractivity contribution in [3.8, 4) is 23.2 Å². The molecule has 30 heavy (non-hydrogen) atoms. The van der Waals surface area contributed by atoms with Crippen LogP contribution in [0, 0.1) is 11.3 Å². The Morgan fingerprint density at radius 1 is 1.07 bits per heavy atom. The van der Waals surface area contributed by atoms with Crippen LogP contribution < -0.4 is 4.74 Å². The second kappa shape index (κ2) is 9.82. The van der Waals surface area contributed by atoms with Crippen molar-refractivity contribution in [2.75, 3.05) is 7.11 Å². The molecular weight excluding hydrogens is 392 g/mol. The van der Waals surface area contributed by atoms with E-state index < -0.39 is 0 Å². The van der Waals surface area contributed by atoms with Crippen molar-refractivity contribution in [3.05, 3.63) is 60.2 Å². The molecule has 1 heterocycles. The number of rotatable bonds is 7. The summed E-state index contributed by atoms with van der Waals surface area (Å²) in [5, 5.41) is 19.5. The maximum absolute atomic E-state index is 9.81. The fourth-order valence-corrected chi connectivity index (χ4v) is 5.13. The van der Waals surface area contributed by atoms with Gasteiger partial charge < -0.3 is 4.74 Å². The van der Waals surface area contributed by atoms with Gasteiger partial charge in [-0.25, -0.2) is 0 Å². The standard InChI is InChI=1S/C24H26N4OS/c1-29-22-15-9-8-14-21(22)23-26-27-24(28(23)19-12-6-3-7-13-19)30-20(17-25)16-18-10-4-2-5-11-18/h2,4-5,8-11,14-15,19-20H,3,6-7,12-13,16H2,1H3. The van der Waals surface area contributed by atoms with Crippen LogP contribution >= 0.6 is 11.8 Å². The largest absolute Gasteiger partial charge is 0.496 e. The highest BCUT2D eigenvalue weighted by Crippen LogP contribution is 2.39. The minimum Gasteiger partial charge on any atom is -0.496 e. The minimum absolute atomic E-state index is 0.218. The molecule has 1 fully saturated rings. The first kappa shape index (κ1) is 20.5. The number of nitriles is 1. The number of hydrogen-bond donors (Lipinski definition) is 0. The lowest BCUT2D eigenvalue weighted by molar-refractivity contribution is 0.338. The van der Waals surface area contributed by atoms with Crippen LogP contribution in [-0.2, 0) is 6.42 Å². The molecule has 6 heteroatoms. The molecule has 3 aromatic rings. The van der Waals surface area contributed by atoms with E-state index in [1.54, 1.807) is 7.11 Å². The monoisotopic (exact) mass is 418 g/mol. The van der Waals surface area contributed by atoms with E-state index in [2.05, 4.69) is 33.0 Å². The summed E-state index contributed by atoms with van der Waals surface area (Å²) >= 11 is 1.52. The van der Waals surface area contributed by atoms with Gasteiger partial charge >= 0.3 is 0 Å². The van der Waals surface area contributed by atoms with E-state index in [1.165, 1.54) is 31.0 Å². The Morgan fingerprint density at radius 2 is 1.80 bits per heavy atom. The number of hydrogen-bond acceptors (Lipinski definition) is 5. The molecule has 1 aliphatic carbocycles. The van der Waals surface area contributed by atoms with Crippen LogP contribution in [0.4, 0.5) is 0 Å². The van der Waals surface area contributed by atoms with Crippen LogP contribution in [0.5, 0.6) is 5.75 Å². The minimum atomic E-state index is -0.218. The van der Waals surface area contributed by atoms with Gasteiger partial charge in [0, 0.05) is 6.04 Å². The lowest BCUT2D eigenvalue weighted by atomic mass is 9.95. The van der Waals surface area contributed by atoms with E-state index in [0.29, 0.717) is 12.5 Å². The van der Waals surface area contributed by atoms with Crippen molar-refractivity contribution < 1.29 is 4.74 Å². The molecule has 1 unspecified atom stereocenters. The normalized spacial score (nSPS) is 15.5. The van der Waals surface area contributed by atoms with Gasteiger partial charge in [-0.3, -0.25) is 4.57 Å². The Labute approximate surface area is 182 Å². The molecule has 0 amide bonds. The number of thioether (sulfide) groups is 1. The summed E-state index contributed by atoms with van der Waals surface area (Å²) in [6.45, 7) is 0. The van der Waals surface area contributed by atoms with E-state index in [9.17, 15) is 5.26 Å². The van der Waals surface area contributed by atoms with Crippen molar-refractivity contribution in [2.24, 2.45) is 0 Å². The smallest absolute Gasteiger partial charge is 0.193 e. The summed E-state index contributed by atoms with van der Waals surface area (Å²) in [5.41, 5.74) is 2.10. The number of para-hydroxylation sites is 1. The molecule has 0 aliphatic heterocycles. The summed E-state index contributed by atoms with van der Waals surface area (Å²) < 4.78 is 7.85. The first-order valence-corrected chi connectivity index (χ1v) is 11.4. The molecule has 1 atom stereocenters. The van der Waals surface area contributed by atoms with Gasteiger partial charge in [-0.2, -0.15) is 5.26 Å². The van der Waals surface area contributed by atoms with E-state index in [0.717, 1.165) is 40.7 Å². The van der Waals surface area contributed by atoms with Crippen LogP contribution in [0.1, 0.15) is 43.7 Å². The second-order valence-electron chi connectivity index (χ2n) is 7.59. The number of benzene rings is 2. The summed E-state index contributed by atoms with van der Waals surface area (Å²) in [6.07, 6.45) is 6.62. The Morgan fingerprint density at radius 3 is 2.53 bits per heavy atom. The predicted octanol–water partition coefficient (Wildman–Crippen LogP) is 5.69. The average molecular weight is 419 g/mol. The highest BCUT2D eigenvalue weighted by molar-refractivity contribution is 8.00. The lowest BCUT2D eigenvalue weighted by Crippen LogP contribution is -2.16. The van der Waals surface area contributed by atoms with Gasteiger partial charge in [0.2, 0.25) is 0 Å². The zero-order valence-corrected chi connectivity index (χ0v) is 18.0. The van der Waals surface area contributed by atoms with Crippen molar-refractivity contribution in [3.63, 3.8) is 0 Å². The zero-order chi connectivity index (χ0) is 20.8. The second-order valence-corrected chi connectivity index (χ2v) is 8.76. The Bertz CT molecular complexity index is 1010. The first-order chi connectivity index (χ1) is 14.8. The molecule has 1 aromatic heterocycles. The number of ether oxygens (including phenoxy) is 1. The summed E-state index contributed by atoms with van der Waals surface area (Å²) in [4.78, 5) is 0. The maximum atomic E-state index is 9.81. The quantitative estimate of drug-likeness (QED) is 0.462. The van der Waals surface area contributed by atoms with Crippen LogP contribution in [0.3, 0.4) is 0 Å². The van der Waals surface area contributed by atoms with Crippen molar-refractivity contribution in [1.82, 2.24) is 14.8 Å². The predicted molar refractivity (Wildman–Crippen MR) is 120 cm³/mol. The van der Waals surface area contributed by atoms with E-state index >= 15 is 0 Å². The van der Waals surface area contributed by atoms with Crippen LogP contribution in [0.15, 0.2) is 59.8 Å². The third-order valence-electron chi connectivity index (χ3n) is 5.61. The molecule has 1 aliphatic rings. The Kier molecular flexibility index (Phi) is 6.70. The van der Waals surface area contributed by atoms with Gasteiger partial charge in [0.1, 0.15) is 11.0 Å². The van der Waals surface area contributed by atoms with Crippen molar-refractivity contribution >= 4 is 11.8 Å². The highest BCUT2D eigenvalue weighted by atomic mass is 32.2. The third-order valence-corrected chi connectivity index (χ3v) is 6.65. The fraction of sp³-hybridized carbons (Fsp3) is 0.375. The molecule has 2 aromatic carbocycles. The third kappa shape index (κ3) is 4.52. The highest BCUT2D eigenvalue weighted by Gasteiger charge is 2.27. The van der Waals surface area contributed by atoms with Gasteiger partial charge in [-0.05, 0) is 37.0 Å². The van der Waals surface area contributed by atoms with Gasteiger partial charge in [0.25, 0.3) is 0 Å².